The van der Waals surface area contributed by atoms with Gasteiger partial charge in [-0.25, -0.2) is 23.5 Å². The summed E-state index contributed by atoms with van der Waals surface area (Å²) >= 11 is 5.92. The topological polar surface area (TPSA) is 131 Å². The molecule has 240 valence electrons. The fourth-order valence-electron chi connectivity index (χ4n) is 5.76. The lowest BCUT2D eigenvalue weighted by Gasteiger charge is -2.39. The average Bonchev–Trinajstić information content (AvgIpc) is 2.92. The van der Waals surface area contributed by atoms with Crippen molar-refractivity contribution in [1.29, 1.82) is 0 Å². The highest BCUT2D eigenvalue weighted by Gasteiger charge is 2.45. The molecule has 2 saturated heterocycles. The minimum absolute atomic E-state index is 0.0149. The number of nitro benzene ring substituents is 1. The first-order chi connectivity index (χ1) is 20.6. The lowest BCUT2D eigenvalue weighted by molar-refractivity contribution is -0.384. The van der Waals surface area contributed by atoms with Gasteiger partial charge in [-0.2, -0.15) is 0 Å². The predicted octanol–water partition coefficient (Wildman–Crippen LogP) is 6.88. The number of carbonyl (C=O) groups excluding carboxylic acids is 2. The first-order valence-corrected chi connectivity index (χ1v) is 15.2. The van der Waals surface area contributed by atoms with Gasteiger partial charge in [0.25, 0.3) is 17.5 Å². The van der Waals surface area contributed by atoms with Gasteiger partial charge in [-0.3, -0.25) is 14.9 Å². The number of benzene rings is 1. The third-order valence-corrected chi connectivity index (χ3v) is 8.20. The summed E-state index contributed by atoms with van der Waals surface area (Å²) < 4.78 is 34.9. The number of nitrogens with zero attached hydrogens (tertiary/aromatic N) is 5. The van der Waals surface area contributed by atoms with Crippen molar-refractivity contribution in [3.63, 3.8) is 0 Å². The molecule has 0 saturated carbocycles. The zero-order valence-corrected chi connectivity index (χ0v) is 26.2. The third-order valence-electron chi connectivity index (χ3n) is 8.03. The summed E-state index contributed by atoms with van der Waals surface area (Å²) in [4.78, 5) is 48.0. The molecular formula is C30H39ClF2N6O5. The zero-order valence-electron chi connectivity index (χ0n) is 25.4. The number of rotatable bonds is 8. The molecule has 3 heterocycles. The molecule has 0 radical (unpaired) electrons. The molecule has 11 nitrogen and oxygen atoms in total. The summed E-state index contributed by atoms with van der Waals surface area (Å²) in [6.07, 6.45) is 2.20. The highest BCUT2D eigenvalue weighted by atomic mass is 35.5. The first kappa shape index (κ1) is 33.3. The average molecular weight is 637 g/mol. The Balaban J connectivity index is 1.35. The Morgan fingerprint density at radius 1 is 1.16 bits per heavy atom. The summed E-state index contributed by atoms with van der Waals surface area (Å²) in [5.41, 5.74) is 0.444. The maximum absolute atomic E-state index is 14.7. The second-order valence-electron chi connectivity index (χ2n) is 12.6. The number of alkyl halides is 2. The number of ether oxygens (including phenoxy) is 1. The number of amides is 2. The molecular weight excluding hydrogens is 598 g/mol. The van der Waals surface area contributed by atoms with Crippen LogP contribution in [0.4, 0.5) is 30.8 Å². The van der Waals surface area contributed by atoms with E-state index in [1.165, 1.54) is 23.1 Å². The highest BCUT2D eigenvalue weighted by Crippen LogP contribution is 2.38. The SMILES string of the molecule is Cc1cc(NC(=O)c2ccc([N+](=O)[O-])cc2N2CCC(CCCC3CN(C(=O)OC(C)(C)C)CCC3(F)F)CC2)nc(Cl)n1. The van der Waals surface area contributed by atoms with Crippen molar-refractivity contribution < 1.29 is 28.0 Å². The number of halogens is 3. The van der Waals surface area contributed by atoms with Crippen molar-refractivity contribution in [2.75, 3.05) is 36.4 Å². The quantitative estimate of drug-likeness (QED) is 0.189. The van der Waals surface area contributed by atoms with Crippen molar-refractivity contribution >= 4 is 40.8 Å². The van der Waals surface area contributed by atoms with Crippen LogP contribution in [0.2, 0.25) is 5.28 Å². The van der Waals surface area contributed by atoms with Crippen LogP contribution in [0, 0.1) is 28.9 Å². The van der Waals surface area contributed by atoms with E-state index in [1.807, 2.05) is 4.90 Å². The van der Waals surface area contributed by atoms with E-state index >= 15 is 0 Å². The molecule has 0 spiro atoms. The largest absolute Gasteiger partial charge is 0.444 e. The fourth-order valence-corrected chi connectivity index (χ4v) is 5.98. The lowest BCUT2D eigenvalue weighted by atomic mass is 9.85. The number of anilines is 2. The molecule has 2 amide bonds. The first-order valence-electron chi connectivity index (χ1n) is 14.8. The van der Waals surface area contributed by atoms with Crippen LogP contribution in [-0.4, -0.2) is 69.5 Å². The molecule has 1 atom stereocenters. The molecule has 2 aliphatic heterocycles. The second-order valence-corrected chi connectivity index (χ2v) is 12.9. The molecule has 2 fully saturated rings. The Labute approximate surface area is 260 Å². The van der Waals surface area contributed by atoms with E-state index in [1.54, 1.807) is 33.8 Å². The van der Waals surface area contributed by atoms with Gasteiger partial charge >= 0.3 is 6.09 Å². The van der Waals surface area contributed by atoms with E-state index in [0.717, 1.165) is 19.3 Å². The minimum Gasteiger partial charge on any atom is -0.444 e. The Hall–Kier alpha value is -3.61. The van der Waals surface area contributed by atoms with Gasteiger partial charge in [-0.1, -0.05) is 12.8 Å². The van der Waals surface area contributed by atoms with Crippen LogP contribution >= 0.6 is 11.6 Å². The van der Waals surface area contributed by atoms with E-state index in [9.17, 15) is 28.5 Å². The molecule has 2 aliphatic rings. The number of likely N-dealkylation sites (tertiary alicyclic amines) is 1. The lowest BCUT2D eigenvalue weighted by Crippen LogP contribution is -2.50. The molecule has 44 heavy (non-hydrogen) atoms. The number of non-ortho nitro benzene ring substituents is 1. The van der Waals surface area contributed by atoms with Gasteiger partial charge in [0.2, 0.25) is 5.28 Å². The Bertz CT molecular complexity index is 1360. The summed E-state index contributed by atoms with van der Waals surface area (Å²) in [5, 5.41) is 14.2. The van der Waals surface area contributed by atoms with Crippen molar-refractivity contribution in [2.45, 2.75) is 77.7 Å². The monoisotopic (exact) mass is 636 g/mol. The van der Waals surface area contributed by atoms with E-state index in [-0.39, 0.29) is 47.8 Å². The zero-order chi connectivity index (χ0) is 32.2. The van der Waals surface area contributed by atoms with Gasteiger partial charge in [0.15, 0.2) is 0 Å². The van der Waals surface area contributed by atoms with Gasteiger partial charge in [0.05, 0.1) is 16.2 Å². The number of hydrogen-bond donors (Lipinski definition) is 1. The molecule has 14 heteroatoms. The van der Waals surface area contributed by atoms with Gasteiger partial charge in [0.1, 0.15) is 11.4 Å². The number of aromatic nitrogens is 2. The summed E-state index contributed by atoms with van der Waals surface area (Å²) in [5.74, 6) is -3.75. The third kappa shape index (κ3) is 8.73. The molecule has 1 aromatic heterocycles. The maximum atomic E-state index is 14.7. The number of hydrogen-bond acceptors (Lipinski definition) is 8. The van der Waals surface area contributed by atoms with Crippen molar-refractivity contribution in [3.05, 3.63) is 50.9 Å². The highest BCUT2D eigenvalue weighted by molar-refractivity contribution is 6.28. The van der Waals surface area contributed by atoms with Crippen LogP contribution in [0.15, 0.2) is 24.3 Å². The smallest absolute Gasteiger partial charge is 0.410 e. The molecule has 1 unspecified atom stereocenters. The second kappa shape index (κ2) is 13.6. The number of nitrogens with one attached hydrogen (secondary N) is 1. The van der Waals surface area contributed by atoms with Crippen LogP contribution in [0.1, 0.15) is 75.3 Å². The number of nitro groups is 1. The van der Waals surface area contributed by atoms with E-state index in [4.69, 9.17) is 16.3 Å². The molecule has 0 aliphatic carbocycles. The minimum atomic E-state index is -2.84. The summed E-state index contributed by atoms with van der Waals surface area (Å²) in [6, 6.07) is 5.68. The van der Waals surface area contributed by atoms with Crippen molar-refractivity contribution in [2.24, 2.45) is 11.8 Å². The fraction of sp³-hybridized carbons (Fsp3) is 0.600. The standard InChI is InChI=1S/C30H39ClF2N6O5/c1-19-16-25(36-27(31)34-19)35-26(40)23-9-8-22(39(42)43)17-24(23)37-13-10-20(11-14-37)6-5-7-21-18-38(15-12-30(21,32)33)28(41)44-29(2,3)4/h8-9,16-17,20-21H,5-7,10-15,18H2,1-4H3,(H,34,35,36,40). The summed E-state index contributed by atoms with van der Waals surface area (Å²) in [6.45, 7) is 8.01. The molecule has 4 rings (SSSR count). The van der Waals surface area contributed by atoms with Crippen LogP contribution in [0.5, 0.6) is 0 Å². The van der Waals surface area contributed by atoms with Crippen molar-refractivity contribution in [3.8, 4) is 0 Å². The van der Waals surface area contributed by atoms with Gasteiger partial charge in [-0.05, 0) is 70.5 Å². The van der Waals surface area contributed by atoms with Gasteiger partial charge < -0.3 is 19.9 Å². The van der Waals surface area contributed by atoms with E-state index < -0.39 is 34.4 Å². The normalized spacial score (nSPS) is 19.0. The van der Waals surface area contributed by atoms with Crippen LogP contribution in [-0.2, 0) is 4.74 Å². The maximum Gasteiger partial charge on any atom is 0.410 e. The molecule has 1 N–H and O–H groups in total. The number of carbonyl (C=O) groups is 2. The van der Waals surface area contributed by atoms with Crippen molar-refractivity contribution in [1.82, 2.24) is 14.9 Å². The van der Waals surface area contributed by atoms with Gasteiger partial charge in [-0.15, -0.1) is 0 Å². The molecule has 0 bridgehead atoms. The van der Waals surface area contributed by atoms with E-state index in [0.29, 0.717) is 37.3 Å². The van der Waals surface area contributed by atoms with E-state index in [2.05, 4.69) is 15.3 Å². The summed E-state index contributed by atoms with van der Waals surface area (Å²) in [7, 11) is 0. The van der Waals surface area contributed by atoms with Crippen LogP contribution in [0.25, 0.3) is 0 Å². The van der Waals surface area contributed by atoms with Crippen LogP contribution < -0.4 is 10.2 Å². The molecule has 1 aromatic carbocycles. The predicted molar refractivity (Wildman–Crippen MR) is 162 cm³/mol. The van der Waals surface area contributed by atoms with Crippen LogP contribution in [0.3, 0.4) is 0 Å². The molecule has 2 aromatic rings. The number of aryl methyl sites for hydroxylation is 1. The number of piperidine rings is 2. The Morgan fingerprint density at radius 2 is 1.86 bits per heavy atom. The van der Waals surface area contributed by atoms with Gasteiger partial charge in [0, 0.05) is 62.4 Å². The Kier molecular flexibility index (Phi) is 10.3. The Morgan fingerprint density at radius 3 is 2.50 bits per heavy atom.